The Labute approximate surface area is 164 Å². The minimum atomic E-state index is -3.30. The number of rotatable bonds is 7. The second kappa shape index (κ2) is 8.01. The molecule has 28 heavy (non-hydrogen) atoms. The molecule has 2 aromatic rings. The van der Waals surface area contributed by atoms with E-state index < -0.39 is 16.1 Å². The van der Waals surface area contributed by atoms with E-state index in [0.717, 1.165) is 11.8 Å². The predicted molar refractivity (Wildman–Crippen MR) is 107 cm³/mol. The fourth-order valence-electron chi connectivity index (χ4n) is 2.84. The van der Waals surface area contributed by atoms with Crippen LogP contribution in [-0.2, 0) is 21.3 Å². The normalized spacial score (nSPS) is 16.9. The Bertz CT molecular complexity index is 947. The topological polar surface area (TPSA) is 114 Å². The highest BCUT2D eigenvalue weighted by atomic mass is 32.2. The summed E-state index contributed by atoms with van der Waals surface area (Å²) in [7, 11) is -3.30. The number of aromatic nitrogens is 2. The Balaban J connectivity index is 1.67. The number of carbonyl (C=O) groups excluding carboxylic acids is 1. The fourth-order valence-corrected chi connectivity index (χ4v) is 3.41. The molecule has 2 N–H and O–H groups in total. The monoisotopic (exact) mass is 405 g/mol. The van der Waals surface area contributed by atoms with Gasteiger partial charge >= 0.3 is 6.09 Å². The van der Waals surface area contributed by atoms with Gasteiger partial charge in [0.05, 0.1) is 12.3 Å². The Morgan fingerprint density at radius 3 is 2.61 bits per heavy atom. The summed E-state index contributed by atoms with van der Waals surface area (Å²) in [6.07, 6.45) is 2.29. The highest BCUT2D eigenvalue weighted by molar-refractivity contribution is 7.92. The first-order valence-corrected chi connectivity index (χ1v) is 10.7. The number of cyclic esters (lactones) is 1. The maximum Gasteiger partial charge on any atom is 0.415 e. The molecule has 2 heterocycles. The van der Waals surface area contributed by atoms with Crippen molar-refractivity contribution < 1.29 is 17.9 Å². The average molecular weight is 405 g/mol. The van der Waals surface area contributed by atoms with Crippen molar-refractivity contribution in [2.75, 3.05) is 27.8 Å². The molecule has 1 aromatic heterocycles. The Kier molecular flexibility index (Phi) is 5.68. The van der Waals surface area contributed by atoms with Gasteiger partial charge in [-0.25, -0.2) is 18.2 Å². The predicted octanol–water partition coefficient (Wildman–Crippen LogP) is 2.44. The summed E-state index contributed by atoms with van der Waals surface area (Å²) in [6, 6.07) is 8.59. The minimum Gasteiger partial charge on any atom is -0.447 e. The van der Waals surface area contributed by atoms with Crippen LogP contribution in [0.2, 0.25) is 0 Å². The van der Waals surface area contributed by atoms with E-state index in [1.54, 1.807) is 41.4 Å². The summed E-state index contributed by atoms with van der Waals surface area (Å²) in [5.74, 6) is 1.11. The Morgan fingerprint density at radius 1 is 1.25 bits per heavy atom. The number of hydrogen-bond acceptors (Lipinski definition) is 7. The summed E-state index contributed by atoms with van der Waals surface area (Å²) in [4.78, 5) is 22.3. The molecule has 3 rings (SSSR count). The van der Waals surface area contributed by atoms with Gasteiger partial charge in [-0.1, -0.05) is 26.0 Å². The molecule has 0 saturated carbocycles. The SMILES string of the molecule is CC(C)C1COC(=O)N1c1ccnc(NCc2ccc(NS(C)(=O)=O)cc2)n1. The van der Waals surface area contributed by atoms with Crippen LogP contribution in [0.5, 0.6) is 0 Å². The van der Waals surface area contributed by atoms with Crippen LogP contribution in [0.3, 0.4) is 0 Å². The minimum absolute atomic E-state index is 0.0647. The van der Waals surface area contributed by atoms with Gasteiger partial charge in [-0.15, -0.1) is 0 Å². The maximum atomic E-state index is 12.1. The van der Waals surface area contributed by atoms with Gasteiger partial charge in [-0.05, 0) is 29.7 Å². The van der Waals surface area contributed by atoms with E-state index >= 15 is 0 Å². The van der Waals surface area contributed by atoms with Crippen molar-refractivity contribution in [1.82, 2.24) is 9.97 Å². The van der Waals surface area contributed by atoms with Crippen LogP contribution in [0.4, 0.5) is 22.2 Å². The zero-order valence-corrected chi connectivity index (χ0v) is 16.7. The summed E-state index contributed by atoms with van der Waals surface area (Å²) in [6.45, 7) is 4.85. The molecule has 1 aromatic carbocycles. The molecule has 10 heteroatoms. The molecule has 1 saturated heterocycles. The first-order valence-electron chi connectivity index (χ1n) is 8.82. The molecule has 0 spiro atoms. The molecular weight excluding hydrogens is 382 g/mol. The molecule has 1 aliphatic heterocycles. The largest absolute Gasteiger partial charge is 0.447 e. The van der Waals surface area contributed by atoms with Crippen LogP contribution in [0.25, 0.3) is 0 Å². The smallest absolute Gasteiger partial charge is 0.415 e. The summed E-state index contributed by atoms with van der Waals surface area (Å²) in [5.41, 5.74) is 1.42. The van der Waals surface area contributed by atoms with Gasteiger partial charge in [0.2, 0.25) is 16.0 Å². The summed E-state index contributed by atoms with van der Waals surface area (Å²) < 4.78 is 30.1. The molecule has 1 amide bonds. The zero-order chi connectivity index (χ0) is 20.3. The van der Waals surface area contributed by atoms with E-state index in [2.05, 4.69) is 20.0 Å². The third-order valence-corrected chi connectivity index (χ3v) is 4.88. The van der Waals surface area contributed by atoms with Crippen molar-refractivity contribution in [3.63, 3.8) is 0 Å². The lowest BCUT2D eigenvalue weighted by Gasteiger charge is -2.23. The van der Waals surface area contributed by atoms with E-state index in [9.17, 15) is 13.2 Å². The molecule has 1 unspecified atom stereocenters. The van der Waals surface area contributed by atoms with E-state index in [4.69, 9.17) is 4.74 Å². The van der Waals surface area contributed by atoms with Crippen LogP contribution in [0.1, 0.15) is 19.4 Å². The standard InChI is InChI=1S/C18H23N5O4S/c1-12(2)15-11-27-18(24)23(15)16-8-9-19-17(21-16)20-10-13-4-6-14(7-5-13)22-28(3,25)26/h4-9,12,15,22H,10-11H2,1-3H3,(H,19,20,21). The zero-order valence-electron chi connectivity index (χ0n) is 15.9. The first-order chi connectivity index (χ1) is 13.2. The molecular formula is C18H23N5O4S. The lowest BCUT2D eigenvalue weighted by molar-refractivity contribution is 0.177. The van der Waals surface area contributed by atoms with Crippen molar-refractivity contribution in [1.29, 1.82) is 0 Å². The molecule has 1 fully saturated rings. The second-order valence-corrected chi connectivity index (χ2v) is 8.67. The molecule has 0 bridgehead atoms. The van der Waals surface area contributed by atoms with Crippen LogP contribution in [0, 0.1) is 5.92 Å². The highest BCUT2D eigenvalue weighted by Gasteiger charge is 2.37. The number of nitrogens with one attached hydrogen (secondary N) is 2. The quantitative estimate of drug-likeness (QED) is 0.727. The van der Waals surface area contributed by atoms with Crippen molar-refractivity contribution in [2.24, 2.45) is 5.92 Å². The van der Waals surface area contributed by atoms with Gasteiger partial charge in [0.15, 0.2) is 0 Å². The van der Waals surface area contributed by atoms with Crippen molar-refractivity contribution in [3.8, 4) is 0 Å². The van der Waals surface area contributed by atoms with Crippen LogP contribution < -0.4 is 14.9 Å². The Hall–Kier alpha value is -2.88. The van der Waals surface area contributed by atoms with Crippen molar-refractivity contribution in [3.05, 3.63) is 42.1 Å². The van der Waals surface area contributed by atoms with Crippen LogP contribution in [-0.4, -0.2) is 43.4 Å². The second-order valence-electron chi connectivity index (χ2n) is 6.92. The molecule has 0 radical (unpaired) electrons. The van der Waals surface area contributed by atoms with E-state index in [-0.39, 0.29) is 12.0 Å². The third-order valence-electron chi connectivity index (χ3n) is 4.27. The number of amides is 1. The lowest BCUT2D eigenvalue weighted by atomic mass is 10.0. The van der Waals surface area contributed by atoms with Gasteiger partial charge in [0.25, 0.3) is 0 Å². The molecule has 150 valence electrons. The number of carbonyl (C=O) groups is 1. The van der Waals surface area contributed by atoms with E-state index in [1.807, 2.05) is 13.8 Å². The number of nitrogens with zero attached hydrogens (tertiary/aromatic N) is 3. The van der Waals surface area contributed by atoms with Crippen molar-refractivity contribution in [2.45, 2.75) is 26.4 Å². The number of sulfonamides is 1. The van der Waals surface area contributed by atoms with Gasteiger partial charge in [-0.2, -0.15) is 4.98 Å². The number of ether oxygens (including phenoxy) is 1. The van der Waals surface area contributed by atoms with Gasteiger partial charge < -0.3 is 10.1 Å². The average Bonchev–Trinajstić information content (AvgIpc) is 3.02. The van der Waals surface area contributed by atoms with E-state index in [1.165, 1.54) is 0 Å². The van der Waals surface area contributed by atoms with E-state index in [0.29, 0.717) is 30.6 Å². The molecule has 1 aliphatic rings. The summed E-state index contributed by atoms with van der Waals surface area (Å²) in [5, 5.41) is 3.11. The Morgan fingerprint density at radius 2 is 1.96 bits per heavy atom. The first kappa shape index (κ1) is 19.9. The van der Waals surface area contributed by atoms with Crippen LogP contribution >= 0.6 is 0 Å². The molecule has 1 atom stereocenters. The van der Waals surface area contributed by atoms with Gasteiger partial charge in [-0.3, -0.25) is 9.62 Å². The third kappa shape index (κ3) is 4.89. The lowest BCUT2D eigenvalue weighted by Crippen LogP contribution is -2.37. The van der Waals surface area contributed by atoms with Gasteiger partial charge in [0, 0.05) is 18.4 Å². The van der Waals surface area contributed by atoms with Crippen molar-refractivity contribution >= 4 is 33.6 Å². The highest BCUT2D eigenvalue weighted by Crippen LogP contribution is 2.26. The molecule has 9 nitrogen and oxygen atoms in total. The van der Waals surface area contributed by atoms with Gasteiger partial charge in [0.1, 0.15) is 12.4 Å². The number of benzene rings is 1. The number of anilines is 3. The molecule has 0 aliphatic carbocycles. The van der Waals surface area contributed by atoms with Crippen LogP contribution in [0.15, 0.2) is 36.5 Å². The summed E-state index contributed by atoms with van der Waals surface area (Å²) >= 11 is 0. The number of hydrogen-bond donors (Lipinski definition) is 2. The maximum absolute atomic E-state index is 12.1. The fraction of sp³-hybridized carbons (Fsp3) is 0.389.